The normalized spacial score (nSPS) is 16.8. The third kappa shape index (κ3) is 1.28. The lowest BCUT2D eigenvalue weighted by atomic mass is 10.3. The summed E-state index contributed by atoms with van der Waals surface area (Å²) < 4.78 is 0. The van der Waals surface area contributed by atoms with E-state index in [1.54, 1.807) is 6.07 Å². The predicted octanol–water partition coefficient (Wildman–Crippen LogP) is 1.67. The van der Waals surface area contributed by atoms with Gasteiger partial charge in [0.1, 0.15) is 5.69 Å². The quantitative estimate of drug-likeness (QED) is 0.687. The lowest BCUT2D eigenvalue weighted by molar-refractivity contribution is 0.107. The number of hydrogen-bond donors (Lipinski definition) is 1. The van der Waals surface area contributed by atoms with E-state index in [1.165, 1.54) is 12.8 Å². The van der Waals surface area contributed by atoms with Crippen LogP contribution in [0.4, 0.5) is 0 Å². The zero-order valence-electron chi connectivity index (χ0n) is 5.80. The number of carbonyl (C=O) groups excluding carboxylic acids is 1. The fourth-order valence-corrected chi connectivity index (χ4v) is 1.14. The Balaban J connectivity index is 2.25. The topological polar surface area (TPSA) is 45.8 Å². The summed E-state index contributed by atoms with van der Waals surface area (Å²) in [4.78, 5) is 10.6. The summed E-state index contributed by atoms with van der Waals surface area (Å²) in [5, 5.41) is 6.07. The van der Waals surface area contributed by atoms with Crippen LogP contribution in [0.3, 0.4) is 0 Å². The molecule has 1 aliphatic carbocycles. The van der Waals surface area contributed by atoms with Gasteiger partial charge in [-0.25, -0.2) is 0 Å². The minimum atomic E-state index is -0.492. The van der Waals surface area contributed by atoms with Crippen molar-refractivity contribution in [3.05, 3.63) is 17.5 Å². The van der Waals surface area contributed by atoms with Crippen molar-refractivity contribution < 1.29 is 4.79 Å². The van der Waals surface area contributed by atoms with Crippen molar-refractivity contribution in [2.24, 2.45) is 0 Å². The van der Waals surface area contributed by atoms with Gasteiger partial charge in [-0.3, -0.25) is 9.89 Å². The summed E-state index contributed by atoms with van der Waals surface area (Å²) in [7, 11) is 0. The fourth-order valence-electron chi connectivity index (χ4n) is 1.04. The summed E-state index contributed by atoms with van der Waals surface area (Å²) in [6.45, 7) is 0. The number of H-pyrrole nitrogens is 1. The molecular weight excluding hydrogens is 164 g/mol. The smallest absolute Gasteiger partial charge is 0.272 e. The van der Waals surface area contributed by atoms with Gasteiger partial charge in [-0.2, -0.15) is 5.10 Å². The highest BCUT2D eigenvalue weighted by Crippen LogP contribution is 2.39. The monoisotopic (exact) mass is 170 g/mol. The van der Waals surface area contributed by atoms with Crippen LogP contribution in [0, 0.1) is 0 Å². The Hall–Kier alpha value is -0.830. The van der Waals surface area contributed by atoms with Crippen LogP contribution in [0.5, 0.6) is 0 Å². The molecule has 4 heteroatoms. The third-order valence-corrected chi connectivity index (χ3v) is 2.01. The highest BCUT2D eigenvalue weighted by molar-refractivity contribution is 6.67. The number of hydrogen-bond acceptors (Lipinski definition) is 2. The standard InChI is InChI=1S/C7H7ClN2O/c8-7(11)6-3-5(9-10-6)4-1-2-4/h3-4H,1-2H2,(H,9,10). The van der Waals surface area contributed by atoms with E-state index in [1.807, 2.05) is 0 Å². The zero-order valence-corrected chi connectivity index (χ0v) is 6.56. The van der Waals surface area contributed by atoms with Crippen molar-refractivity contribution in [1.29, 1.82) is 0 Å². The van der Waals surface area contributed by atoms with Gasteiger partial charge in [-0.15, -0.1) is 0 Å². The average Bonchev–Trinajstić information content (AvgIpc) is 2.68. The molecule has 11 heavy (non-hydrogen) atoms. The lowest BCUT2D eigenvalue weighted by Gasteiger charge is -1.83. The Labute approximate surface area is 68.7 Å². The molecule has 1 aliphatic rings. The van der Waals surface area contributed by atoms with E-state index in [9.17, 15) is 4.79 Å². The largest absolute Gasteiger partial charge is 0.282 e. The first kappa shape index (κ1) is 6.85. The molecule has 0 aromatic carbocycles. The lowest BCUT2D eigenvalue weighted by Crippen LogP contribution is -1.86. The molecule has 0 aliphatic heterocycles. The van der Waals surface area contributed by atoms with Gasteiger partial charge >= 0.3 is 0 Å². The maximum Gasteiger partial charge on any atom is 0.272 e. The van der Waals surface area contributed by atoms with Crippen LogP contribution in [0.25, 0.3) is 0 Å². The van der Waals surface area contributed by atoms with E-state index in [-0.39, 0.29) is 0 Å². The highest BCUT2D eigenvalue weighted by atomic mass is 35.5. The average molecular weight is 171 g/mol. The van der Waals surface area contributed by atoms with E-state index in [0.29, 0.717) is 11.6 Å². The SMILES string of the molecule is O=C(Cl)c1cc(C2CC2)[nH]n1. The second-order valence-electron chi connectivity index (χ2n) is 2.76. The van der Waals surface area contributed by atoms with Crippen LogP contribution in [-0.2, 0) is 0 Å². The van der Waals surface area contributed by atoms with Gasteiger partial charge in [-0.05, 0) is 30.5 Å². The molecule has 1 N–H and O–H groups in total. The van der Waals surface area contributed by atoms with E-state index < -0.39 is 5.24 Å². The minimum absolute atomic E-state index is 0.327. The van der Waals surface area contributed by atoms with Crippen molar-refractivity contribution in [2.45, 2.75) is 18.8 Å². The molecule has 58 valence electrons. The van der Waals surface area contributed by atoms with Gasteiger partial charge in [0.15, 0.2) is 0 Å². The van der Waals surface area contributed by atoms with Crippen molar-refractivity contribution in [2.75, 3.05) is 0 Å². The van der Waals surface area contributed by atoms with Crippen molar-refractivity contribution in [3.8, 4) is 0 Å². The van der Waals surface area contributed by atoms with Crippen LogP contribution < -0.4 is 0 Å². The molecule has 1 heterocycles. The number of carbonyl (C=O) groups is 1. The molecule has 1 aromatic rings. The van der Waals surface area contributed by atoms with Crippen LogP contribution in [-0.4, -0.2) is 15.4 Å². The van der Waals surface area contributed by atoms with E-state index in [2.05, 4.69) is 10.2 Å². The number of nitrogens with zero attached hydrogens (tertiary/aromatic N) is 1. The Kier molecular flexibility index (Phi) is 1.46. The van der Waals surface area contributed by atoms with Crippen molar-refractivity contribution in [3.63, 3.8) is 0 Å². The van der Waals surface area contributed by atoms with Gasteiger partial charge in [0.2, 0.25) is 0 Å². The molecule has 1 fully saturated rings. The Morgan fingerprint density at radius 3 is 2.91 bits per heavy atom. The summed E-state index contributed by atoms with van der Waals surface area (Å²) in [6, 6.07) is 1.73. The molecule has 0 saturated heterocycles. The minimum Gasteiger partial charge on any atom is -0.282 e. The molecule has 2 rings (SSSR count). The molecule has 0 amide bonds. The first-order chi connectivity index (χ1) is 5.27. The molecule has 1 saturated carbocycles. The first-order valence-electron chi connectivity index (χ1n) is 3.52. The van der Waals surface area contributed by atoms with Crippen LogP contribution in [0.2, 0.25) is 0 Å². The first-order valence-corrected chi connectivity index (χ1v) is 3.90. The zero-order chi connectivity index (χ0) is 7.84. The molecule has 0 radical (unpaired) electrons. The van der Waals surface area contributed by atoms with E-state index in [4.69, 9.17) is 11.6 Å². The Morgan fingerprint density at radius 1 is 1.73 bits per heavy atom. The van der Waals surface area contributed by atoms with Gasteiger partial charge < -0.3 is 0 Å². The number of aromatic amines is 1. The molecule has 1 aromatic heterocycles. The Morgan fingerprint density at radius 2 is 2.45 bits per heavy atom. The number of rotatable bonds is 2. The van der Waals surface area contributed by atoms with Crippen molar-refractivity contribution >= 4 is 16.8 Å². The number of nitrogens with one attached hydrogen (secondary N) is 1. The number of aromatic nitrogens is 2. The van der Waals surface area contributed by atoms with Crippen molar-refractivity contribution in [1.82, 2.24) is 10.2 Å². The predicted molar refractivity (Wildman–Crippen MR) is 40.7 cm³/mol. The van der Waals surface area contributed by atoms with Gasteiger partial charge in [0.25, 0.3) is 5.24 Å². The van der Waals surface area contributed by atoms with Crippen LogP contribution >= 0.6 is 11.6 Å². The maximum absolute atomic E-state index is 10.6. The van der Waals surface area contributed by atoms with Crippen LogP contribution in [0.1, 0.15) is 34.9 Å². The van der Waals surface area contributed by atoms with Gasteiger partial charge in [0.05, 0.1) is 0 Å². The second kappa shape index (κ2) is 2.34. The molecule has 0 atom stereocenters. The van der Waals surface area contributed by atoms with E-state index in [0.717, 1.165) is 5.69 Å². The Bertz CT molecular complexity index is 290. The summed E-state index contributed by atoms with van der Waals surface area (Å²) in [5.74, 6) is 0.590. The highest BCUT2D eigenvalue weighted by Gasteiger charge is 2.26. The summed E-state index contributed by atoms with van der Waals surface area (Å²) in [5.41, 5.74) is 1.36. The second-order valence-corrected chi connectivity index (χ2v) is 3.10. The molecule has 0 unspecified atom stereocenters. The fraction of sp³-hybridized carbons (Fsp3) is 0.429. The maximum atomic E-state index is 10.6. The van der Waals surface area contributed by atoms with Gasteiger partial charge in [-0.1, -0.05) is 0 Å². The van der Waals surface area contributed by atoms with Gasteiger partial charge in [0, 0.05) is 11.6 Å². The molecular formula is C7H7ClN2O. The molecule has 0 bridgehead atoms. The van der Waals surface area contributed by atoms with E-state index >= 15 is 0 Å². The summed E-state index contributed by atoms with van der Waals surface area (Å²) in [6.07, 6.45) is 2.39. The van der Waals surface area contributed by atoms with Crippen LogP contribution in [0.15, 0.2) is 6.07 Å². The molecule has 3 nitrogen and oxygen atoms in total. The third-order valence-electron chi connectivity index (χ3n) is 1.82. The summed E-state index contributed by atoms with van der Waals surface area (Å²) >= 11 is 5.22. The number of halogens is 1. The molecule has 0 spiro atoms.